The summed E-state index contributed by atoms with van der Waals surface area (Å²) in [6, 6.07) is 8.79. The van der Waals surface area contributed by atoms with E-state index in [-0.39, 0.29) is 0 Å². The van der Waals surface area contributed by atoms with Crippen molar-refractivity contribution in [2.45, 2.75) is 12.8 Å². The van der Waals surface area contributed by atoms with E-state index in [0.717, 1.165) is 67.2 Å². The zero-order valence-electron chi connectivity index (χ0n) is 16.3. The highest BCUT2D eigenvalue weighted by atomic mass is 16.5. The first-order valence-corrected chi connectivity index (χ1v) is 10.1. The van der Waals surface area contributed by atoms with Crippen molar-refractivity contribution < 1.29 is 4.74 Å². The number of fused-ring (bicyclic) bond motifs is 1. The SMILES string of the molecule is c1cc(-c2cnc3c(-c4cn[nH]c4)cnn3c2)ccc1CCCN1CCOCC1. The van der Waals surface area contributed by atoms with Crippen molar-refractivity contribution in [3.8, 4) is 22.3 Å². The van der Waals surface area contributed by atoms with Gasteiger partial charge in [-0.2, -0.15) is 10.2 Å². The maximum absolute atomic E-state index is 5.41. The third-order valence-corrected chi connectivity index (χ3v) is 5.50. The Bertz CT molecular complexity index is 1060. The van der Waals surface area contributed by atoms with Crippen LogP contribution in [0.2, 0.25) is 0 Å². The van der Waals surface area contributed by atoms with Crippen molar-refractivity contribution >= 4 is 5.65 Å². The Hall–Kier alpha value is -3.03. The second kappa shape index (κ2) is 8.14. The summed E-state index contributed by atoms with van der Waals surface area (Å²) in [5.74, 6) is 0. The summed E-state index contributed by atoms with van der Waals surface area (Å²) in [4.78, 5) is 7.13. The number of nitrogens with zero attached hydrogens (tertiary/aromatic N) is 5. The summed E-state index contributed by atoms with van der Waals surface area (Å²) in [7, 11) is 0. The van der Waals surface area contributed by atoms with Crippen molar-refractivity contribution in [3.63, 3.8) is 0 Å². The van der Waals surface area contributed by atoms with E-state index >= 15 is 0 Å². The molecule has 1 aliphatic heterocycles. The normalized spacial score (nSPS) is 15.2. The van der Waals surface area contributed by atoms with E-state index in [1.54, 1.807) is 6.20 Å². The molecule has 4 aromatic rings. The van der Waals surface area contributed by atoms with Gasteiger partial charge in [-0.25, -0.2) is 9.50 Å². The zero-order chi connectivity index (χ0) is 19.5. The lowest BCUT2D eigenvalue weighted by atomic mass is 10.0. The predicted molar refractivity (Wildman–Crippen MR) is 112 cm³/mol. The molecule has 29 heavy (non-hydrogen) atoms. The quantitative estimate of drug-likeness (QED) is 0.550. The molecule has 7 nitrogen and oxygen atoms in total. The number of hydrogen-bond acceptors (Lipinski definition) is 5. The Kier molecular flexibility index (Phi) is 5.06. The van der Waals surface area contributed by atoms with Crippen LogP contribution in [0.4, 0.5) is 0 Å². The fraction of sp³-hybridized carbons (Fsp3) is 0.318. The highest BCUT2D eigenvalue weighted by Gasteiger charge is 2.11. The molecule has 1 fully saturated rings. The van der Waals surface area contributed by atoms with Crippen LogP contribution in [0.25, 0.3) is 27.9 Å². The summed E-state index contributed by atoms with van der Waals surface area (Å²) in [5.41, 5.74) is 6.37. The second-order valence-electron chi connectivity index (χ2n) is 7.41. The molecule has 0 aliphatic carbocycles. The van der Waals surface area contributed by atoms with E-state index in [1.165, 1.54) is 12.0 Å². The van der Waals surface area contributed by atoms with Gasteiger partial charge in [-0.3, -0.25) is 10.00 Å². The van der Waals surface area contributed by atoms with Crippen molar-refractivity contribution in [1.82, 2.24) is 29.7 Å². The molecule has 7 heteroatoms. The number of aromatic amines is 1. The summed E-state index contributed by atoms with van der Waals surface area (Å²) >= 11 is 0. The van der Waals surface area contributed by atoms with Gasteiger partial charge in [0.2, 0.25) is 0 Å². The number of benzene rings is 1. The molecule has 1 saturated heterocycles. The van der Waals surface area contributed by atoms with Crippen LogP contribution in [0.1, 0.15) is 12.0 Å². The fourth-order valence-corrected chi connectivity index (χ4v) is 3.82. The Morgan fingerprint density at radius 2 is 1.83 bits per heavy atom. The zero-order valence-corrected chi connectivity index (χ0v) is 16.3. The van der Waals surface area contributed by atoms with Gasteiger partial charge in [0.25, 0.3) is 0 Å². The minimum absolute atomic E-state index is 0.829. The smallest absolute Gasteiger partial charge is 0.162 e. The molecule has 0 atom stereocenters. The highest BCUT2D eigenvalue weighted by Crippen LogP contribution is 2.25. The maximum Gasteiger partial charge on any atom is 0.162 e. The number of hydrogen-bond donors (Lipinski definition) is 1. The van der Waals surface area contributed by atoms with E-state index in [4.69, 9.17) is 4.74 Å². The maximum atomic E-state index is 5.41. The van der Waals surface area contributed by atoms with E-state index in [0.29, 0.717) is 0 Å². The van der Waals surface area contributed by atoms with E-state index < -0.39 is 0 Å². The van der Waals surface area contributed by atoms with E-state index in [9.17, 15) is 0 Å². The van der Waals surface area contributed by atoms with Crippen molar-refractivity contribution in [3.05, 3.63) is 60.8 Å². The monoisotopic (exact) mass is 388 g/mol. The Morgan fingerprint density at radius 3 is 2.62 bits per heavy atom. The largest absolute Gasteiger partial charge is 0.379 e. The molecule has 1 N–H and O–H groups in total. The number of aryl methyl sites for hydroxylation is 1. The fourth-order valence-electron chi connectivity index (χ4n) is 3.82. The van der Waals surface area contributed by atoms with E-state index in [1.807, 2.05) is 29.3 Å². The van der Waals surface area contributed by atoms with Crippen LogP contribution in [-0.2, 0) is 11.2 Å². The first-order valence-electron chi connectivity index (χ1n) is 10.1. The molecule has 1 aliphatic rings. The second-order valence-corrected chi connectivity index (χ2v) is 7.41. The summed E-state index contributed by atoms with van der Waals surface area (Å²) in [6.45, 7) is 5.00. The van der Waals surface area contributed by atoms with Crippen LogP contribution < -0.4 is 0 Å². The average Bonchev–Trinajstić information content (AvgIpc) is 3.44. The summed E-state index contributed by atoms with van der Waals surface area (Å²) in [5, 5.41) is 11.3. The van der Waals surface area contributed by atoms with Crippen LogP contribution in [0.15, 0.2) is 55.2 Å². The molecule has 3 aromatic heterocycles. The molecule has 0 radical (unpaired) electrons. The first-order chi connectivity index (χ1) is 14.4. The number of nitrogens with one attached hydrogen (secondary N) is 1. The summed E-state index contributed by atoms with van der Waals surface area (Å²) in [6.07, 6.45) is 11.7. The molecular formula is C22H24N6O. The lowest BCUT2D eigenvalue weighted by Gasteiger charge is -2.26. The Balaban J connectivity index is 1.26. The molecule has 0 saturated carbocycles. The first kappa shape index (κ1) is 18.0. The molecule has 0 amide bonds. The van der Waals surface area contributed by atoms with Gasteiger partial charge in [0, 0.05) is 48.4 Å². The van der Waals surface area contributed by atoms with Crippen LogP contribution in [-0.4, -0.2) is 62.5 Å². The molecular weight excluding hydrogens is 364 g/mol. The Morgan fingerprint density at radius 1 is 0.966 bits per heavy atom. The van der Waals surface area contributed by atoms with E-state index in [2.05, 4.69) is 49.4 Å². The lowest BCUT2D eigenvalue weighted by molar-refractivity contribution is 0.0375. The molecule has 148 valence electrons. The van der Waals surface area contributed by atoms with Crippen molar-refractivity contribution in [1.29, 1.82) is 0 Å². The molecule has 0 bridgehead atoms. The van der Waals surface area contributed by atoms with Gasteiger partial charge in [0.1, 0.15) is 0 Å². The van der Waals surface area contributed by atoms with Crippen molar-refractivity contribution in [2.75, 3.05) is 32.8 Å². The van der Waals surface area contributed by atoms with Gasteiger partial charge in [0.15, 0.2) is 5.65 Å². The number of morpholine rings is 1. The third-order valence-electron chi connectivity index (χ3n) is 5.50. The third kappa shape index (κ3) is 3.92. The predicted octanol–water partition coefficient (Wildman–Crippen LogP) is 3.05. The van der Waals surface area contributed by atoms with Gasteiger partial charge < -0.3 is 4.74 Å². The number of aromatic nitrogens is 5. The van der Waals surface area contributed by atoms with Gasteiger partial charge in [-0.15, -0.1) is 0 Å². The topological polar surface area (TPSA) is 71.3 Å². The number of ether oxygens (including phenoxy) is 1. The summed E-state index contributed by atoms with van der Waals surface area (Å²) < 4.78 is 7.24. The molecule has 5 rings (SSSR count). The van der Waals surface area contributed by atoms with Gasteiger partial charge in [-0.1, -0.05) is 24.3 Å². The molecule has 0 unspecified atom stereocenters. The van der Waals surface area contributed by atoms with Crippen LogP contribution in [0, 0.1) is 0 Å². The van der Waals surface area contributed by atoms with Crippen LogP contribution in [0.5, 0.6) is 0 Å². The standard InChI is InChI=1S/C22H24N6O/c1(7-27-8-10-29-11-9-27)2-17-3-5-18(6-4-17)20-12-23-22-21(15-26-28(22)16-20)19-13-24-25-14-19/h3-6,12-16H,1-2,7-11H2,(H,24,25). The molecule has 0 spiro atoms. The van der Waals surface area contributed by atoms with Gasteiger partial charge in [-0.05, 0) is 30.5 Å². The van der Waals surface area contributed by atoms with Crippen molar-refractivity contribution in [2.24, 2.45) is 0 Å². The van der Waals surface area contributed by atoms with Crippen LogP contribution >= 0.6 is 0 Å². The number of rotatable bonds is 6. The molecule has 1 aromatic carbocycles. The van der Waals surface area contributed by atoms with Gasteiger partial charge in [0.05, 0.1) is 25.6 Å². The van der Waals surface area contributed by atoms with Crippen LogP contribution in [0.3, 0.4) is 0 Å². The number of H-pyrrole nitrogens is 1. The Labute approximate surface area is 169 Å². The molecule has 4 heterocycles. The lowest BCUT2D eigenvalue weighted by Crippen LogP contribution is -2.36. The minimum atomic E-state index is 0.829. The average molecular weight is 388 g/mol. The van der Waals surface area contributed by atoms with Gasteiger partial charge >= 0.3 is 0 Å². The minimum Gasteiger partial charge on any atom is -0.379 e. The highest BCUT2D eigenvalue weighted by molar-refractivity contribution is 5.77.